The van der Waals surface area contributed by atoms with Crippen LogP contribution in [0.3, 0.4) is 0 Å². The summed E-state index contributed by atoms with van der Waals surface area (Å²) in [6.07, 6.45) is 2.48. The lowest BCUT2D eigenvalue weighted by Gasteiger charge is -2.08. The molecular weight excluding hydrogens is 390 g/mol. The zero-order chi connectivity index (χ0) is 20.3. The number of non-ortho nitro benzene ring substituents is 1. The van der Waals surface area contributed by atoms with Crippen molar-refractivity contribution in [3.05, 3.63) is 91.2 Å². The van der Waals surface area contributed by atoms with Crippen molar-refractivity contribution in [3.63, 3.8) is 0 Å². The first kappa shape index (κ1) is 19.0. The van der Waals surface area contributed by atoms with Gasteiger partial charge in [-0.05, 0) is 23.8 Å². The largest absolute Gasteiger partial charge is 0.321 e. The summed E-state index contributed by atoms with van der Waals surface area (Å²) in [6.45, 7) is 0.309. The third kappa shape index (κ3) is 4.30. The van der Waals surface area contributed by atoms with Crippen molar-refractivity contribution in [1.29, 1.82) is 0 Å². The second-order valence-electron chi connectivity index (χ2n) is 5.73. The Kier molecular flexibility index (Phi) is 5.32. The van der Waals surface area contributed by atoms with Crippen LogP contribution in [0.1, 0.15) is 15.9 Å². The molecule has 1 aromatic heterocycles. The van der Waals surface area contributed by atoms with Crippen LogP contribution in [0, 0.1) is 20.2 Å². The number of amides is 1. The molecule has 0 bridgehead atoms. The first-order chi connectivity index (χ1) is 13.3. The van der Waals surface area contributed by atoms with E-state index >= 15 is 0 Å². The van der Waals surface area contributed by atoms with E-state index in [9.17, 15) is 25.0 Å². The van der Waals surface area contributed by atoms with Gasteiger partial charge in [-0.1, -0.05) is 23.7 Å². The molecule has 0 aliphatic heterocycles. The molecule has 142 valence electrons. The molecule has 0 fully saturated rings. The molecule has 3 rings (SSSR count). The Morgan fingerprint density at radius 2 is 1.75 bits per heavy atom. The minimum absolute atomic E-state index is 0.0550. The minimum atomic E-state index is -0.579. The highest BCUT2D eigenvalue weighted by Crippen LogP contribution is 2.27. The van der Waals surface area contributed by atoms with Crippen molar-refractivity contribution in [2.75, 3.05) is 5.32 Å². The van der Waals surface area contributed by atoms with Gasteiger partial charge in [-0.3, -0.25) is 29.7 Å². The highest BCUT2D eigenvalue weighted by atomic mass is 35.5. The van der Waals surface area contributed by atoms with Gasteiger partial charge in [-0.15, -0.1) is 0 Å². The van der Waals surface area contributed by atoms with E-state index < -0.39 is 15.8 Å². The number of halogens is 1. The molecule has 1 amide bonds. The summed E-state index contributed by atoms with van der Waals surface area (Å²) in [5, 5.41) is 28.0. The summed E-state index contributed by atoms with van der Waals surface area (Å²) in [5.74, 6) is -0.433. The molecule has 2 aromatic carbocycles. The van der Waals surface area contributed by atoms with E-state index in [2.05, 4.69) is 10.4 Å². The summed E-state index contributed by atoms with van der Waals surface area (Å²) < 4.78 is 1.42. The van der Waals surface area contributed by atoms with Gasteiger partial charge in [0.15, 0.2) is 0 Å². The molecule has 0 aliphatic rings. The SMILES string of the molecule is O=C(Nc1ccc([N+](=O)[O-])cc1Cl)c1ccc(Cn2cc([N+](=O)[O-])cn2)cc1. The number of hydrogen-bond acceptors (Lipinski definition) is 6. The van der Waals surface area contributed by atoms with Crippen LogP contribution >= 0.6 is 11.6 Å². The van der Waals surface area contributed by atoms with Gasteiger partial charge < -0.3 is 5.32 Å². The van der Waals surface area contributed by atoms with Crippen molar-refractivity contribution < 1.29 is 14.6 Å². The Balaban J connectivity index is 1.68. The average Bonchev–Trinajstić information content (AvgIpc) is 3.12. The van der Waals surface area contributed by atoms with Gasteiger partial charge in [-0.25, -0.2) is 0 Å². The zero-order valence-electron chi connectivity index (χ0n) is 14.1. The number of rotatable bonds is 6. The van der Waals surface area contributed by atoms with Gasteiger partial charge in [0.05, 0.1) is 27.1 Å². The van der Waals surface area contributed by atoms with Crippen molar-refractivity contribution in [2.45, 2.75) is 6.54 Å². The lowest BCUT2D eigenvalue weighted by atomic mass is 10.1. The van der Waals surface area contributed by atoms with E-state index in [1.807, 2.05) is 0 Å². The van der Waals surface area contributed by atoms with E-state index in [1.165, 1.54) is 23.0 Å². The number of carbonyl (C=O) groups is 1. The lowest BCUT2D eigenvalue weighted by Crippen LogP contribution is -2.12. The van der Waals surface area contributed by atoms with Crippen LogP contribution in [0.15, 0.2) is 54.9 Å². The number of hydrogen-bond donors (Lipinski definition) is 1. The monoisotopic (exact) mass is 401 g/mol. The summed E-state index contributed by atoms with van der Waals surface area (Å²) >= 11 is 5.97. The summed E-state index contributed by atoms with van der Waals surface area (Å²) in [4.78, 5) is 32.6. The van der Waals surface area contributed by atoms with Crippen molar-refractivity contribution in [2.24, 2.45) is 0 Å². The molecule has 0 saturated heterocycles. The molecule has 0 aliphatic carbocycles. The second-order valence-corrected chi connectivity index (χ2v) is 6.13. The molecule has 0 radical (unpaired) electrons. The molecule has 10 nitrogen and oxygen atoms in total. The number of anilines is 1. The maximum absolute atomic E-state index is 12.3. The highest BCUT2D eigenvalue weighted by molar-refractivity contribution is 6.34. The first-order valence-corrected chi connectivity index (χ1v) is 8.22. The lowest BCUT2D eigenvalue weighted by molar-refractivity contribution is -0.385. The standard InChI is InChI=1S/C17H12ClN5O5/c18-15-7-13(22(25)26)5-6-16(15)20-17(24)12-3-1-11(2-4-12)9-21-10-14(8-19-21)23(27)28/h1-8,10H,9H2,(H,20,24). The summed E-state index contributed by atoms with van der Waals surface area (Å²) in [6, 6.07) is 10.3. The molecule has 1 N–H and O–H groups in total. The van der Waals surface area contributed by atoms with E-state index in [-0.39, 0.29) is 22.1 Å². The number of nitrogens with zero attached hydrogens (tertiary/aromatic N) is 4. The smallest absolute Gasteiger partial charge is 0.307 e. The normalized spacial score (nSPS) is 10.5. The second kappa shape index (κ2) is 7.84. The third-order valence-corrected chi connectivity index (χ3v) is 4.12. The fourth-order valence-corrected chi connectivity index (χ4v) is 2.62. The van der Waals surface area contributed by atoms with Gasteiger partial charge >= 0.3 is 5.69 Å². The van der Waals surface area contributed by atoms with E-state index in [4.69, 9.17) is 11.6 Å². The molecule has 3 aromatic rings. The maximum atomic E-state index is 12.3. The van der Waals surface area contributed by atoms with Crippen LogP contribution in [0.4, 0.5) is 17.1 Å². The highest BCUT2D eigenvalue weighted by Gasteiger charge is 2.13. The Morgan fingerprint density at radius 1 is 1.07 bits per heavy atom. The van der Waals surface area contributed by atoms with Crippen LogP contribution in [0.5, 0.6) is 0 Å². The van der Waals surface area contributed by atoms with Crippen LogP contribution < -0.4 is 5.32 Å². The predicted octanol–water partition coefficient (Wildman–Crippen LogP) is 3.65. The van der Waals surface area contributed by atoms with Gasteiger partial charge in [0, 0.05) is 17.7 Å². The number of nitro groups is 2. The fraction of sp³-hybridized carbons (Fsp3) is 0.0588. The van der Waals surface area contributed by atoms with Crippen LogP contribution in [0.2, 0.25) is 5.02 Å². The molecule has 1 heterocycles. The summed E-state index contributed by atoms with van der Waals surface area (Å²) in [7, 11) is 0. The molecule has 28 heavy (non-hydrogen) atoms. The number of nitrogens with one attached hydrogen (secondary N) is 1. The molecule has 0 atom stereocenters. The quantitative estimate of drug-likeness (QED) is 0.495. The molecular formula is C17H12ClN5O5. The van der Waals surface area contributed by atoms with Crippen molar-refractivity contribution in [3.8, 4) is 0 Å². The van der Waals surface area contributed by atoms with E-state index in [0.717, 1.165) is 17.8 Å². The molecule has 0 unspecified atom stereocenters. The maximum Gasteiger partial charge on any atom is 0.307 e. The first-order valence-electron chi connectivity index (χ1n) is 7.84. The fourth-order valence-electron chi connectivity index (χ4n) is 2.40. The zero-order valence-corrected chi connectivity index (χ0v) is 14.9. The molecule has 0 spiro atoms. The number of aromatic nitrogens is 2. The number of carbonyl (C=O) groups excluding carboxylic acids is 1. The third-order valence-electron chi connectivity index (χ3n) is 3.80. The topological polar surface area (TPSA) is 133 Å². The Hall–Kier alpha value is -3.79. The van der Waals surface area contributed by atoms with Gasteiger partial charge in [0.2, 0.25) is 0 Å². The van der Waals surface area contributed by atoms with Crippen molar-refractivity contribution in [1.82, 2.24) is 9.78 Å². The predicted molar refractivity (Wildman–Crippen MR) is 100 cm³/mol. The van der Waals surface area contributed by atoms with Crippen molar-refractivity contribution >= 4 is 34.6 Å². The van der Waals surface area contributed by atoms with Crippen LogP contribution in [0.25, 0.3) is 0 Å². The number of benzene rings is 2. The Labute approximate surface area is 162 Å². The Morgan fingerprint density at radius 3 is 2.32 bits per heavy atom. The van der Waals surface area contributed by atoms with Gasteiger partial charge in [-0.2, -0.15) is 5.10 Å². The van der Waals surface area contributed by atoms with Crippen LogP contribution in [-0.2, 0) is 6.54 Å². The Bertz CT molecular complexity index is 1060. The average molecular weight is 402 g/mol. The minimum Gasteiger partial charge on any atom is -0.321 e. The summed E-state index contributed by atoms with van der Waals surface area (Å²) in [5.41, 5.74) is 1.12. The van der Waals surface area contributed by atoms with E-state index in [1.54, 1.807) is 24.3 Å². The van der Waals surface area contributed by atoms with Crippen LogP contribution in [-0.4, -0.2) is 25.5 Å². The van der Waals surface area contributed by atoms with E-state index in [0.29, 0.717) is 12.1 Å². The van der Waals surface area contributed by atoms with Gasteiger partial charge in [0.25, 0.3) is 11.6 Å². The number of nitro benzene ring substituents is 1. The molecule has 11 heteroatoms. The van der Waals surface area contributed by atoms with Gasteiger partial charge in [0.1, 0.15) is 12.4 Å². The molecule has 0 saturated carbocycles.